The van der Waals surface area contributed by atoms with Gasteiger partial charge in [0.2, 0.25) is 15.9 Å². The van der Waals surface area contributed by atoms with E-state index in [2.05, 4.69) is 10.0 Å². The third kappa shape index (κ3) is 7.43. The maximum Gasteiger partial charge on any atom is 0.304 e. The van der Waals surface area contributed by atoms with Crippen LogP contribution < -0.4 is 10.0 Å². The van der Waals surface area contributed by atoms with Gasteiger partial charge in [-0.05, 0) is 72.7 Å². The molecule has 0 saturated carbocycles. The van der Waals surface area contributed by atoms with Crippen LogP contribution in [-0.2, 0) is 26.0 Å². The van der Waals surface area contributed by atoms with Gasteiger partial charge in [0.25, 0.3) is 0 Å². The van der Waals surface area contributed by atoms with Crippen molar-refractivity contribution in [3.8, 4) is 0 Å². The van der Waals surface area contributed by atoms with E-state index in [1.54, 1.807) is 43.3 Å². The van der Waals surface area contributed by atoms with Crippen molar-refractivity contribution in [1.82, 2.24) is 10.0 Å². The predicted molar refractivity (Wildman–Crippen MR) is 156 cm³/mol. The van der Waals surface area contributed by atoms with Crippen LogP contribution in [0.25, 0.3) is 0 Å². The molecule has 3 N–H and O–H groups in total. The summed E-state index contributed by atoms with van der Waals surface area (Å²) in [5.41, 5.74) is 0.744. The lowest BCUT2D eigenvalue weighted by Crippen LogP contribution is -2.58. The summed E-state index contributed by atoms with van der Waals surface area (Å²) in [5, 5.41) is 13.8. The van der Waals surface area contributed by atoms with Gasteiger partial charge in [-0.3, -0.25) is 9.59 Å². The van der Waals surface area contributed by atoms with Gasteiger partial charge in [-0.25, -0.2) is 13.1 Å². The van der Waals surface area contributed by atoms with Gasteiger partial charge in [-0.1, -0.05) is 72.6 Å². The molecule has 0 radical (unpaired) electrons. The van der Waals surface area contributed by atoms with Crippen molar-refractivity contribution in [3.05, 3.63) is 100 Å². The van der Waals surface area contributed by atoms with Crippen molar-refractivity contribution >= 4 is 45.1 Å². The molecule has 3 aromatic carbocycles. The number of halogens is 2. The van der Waals surface area contributed by atoms with Crippen molar-refractivity contribution in [2.75, 3.05) is 6.54 Å². The molecule has 0 aromatic heterocycles. The molecule has 4 atom stereocenters. The summed E-state index contributed by atoms with van der Waals surface area (Å²) in [6.45, 7) is 1.73. The molecule has 1 heterocycles. The summed E-state index contributed by atoms with van der Waals surface area (Å²) < 4.78 is 29.0. The number of sulfonamides is 1. The molecule has 1 aliphatic heterocycles. The average Bonchev–Trinajstić information content (AvgIpc) is 2.91. The van der Waals surface area contributed by atoms with E-state index in [0.717, 1.165) is 11.1 Å². The van der Waals surface area contributed by atoms with Crippen LogP contribution in [-0.4, -0.2) is 38.0 Å². The lowest BCUT2D eigenvalue weighted by Gasteiger charge is -2.45. The fraction of sp³-hybridized carbons (Fsp3) is 0.333. The van der Waals surface area contributed by atoms with Crippen LogP contribution in [0.2, 0.25) is 10.0 Å². The Balaban J connectivity index is 1.68. The standard InChI is InChI=1S/C30H32Cl2N2O5S/c1-30(18-27(35)36)17-26(21-6-5-7-24(32)16-21)28(34-29(30)37)22(13-10-20-11-14-23(31)15-12-20)19-33-40(38,39)25-8-3-2-4-9-25/h2-9,11-12,14-16,22,26,28,33H,10,13,17-19H2,1H3,(H,34,37)(H,35,36). The second kappa shape index (κ2) is 12.7. The Kier molecular flexibility index (Phi) is 9.56. The van der Waals surface area contributed by atoms with E-state index in [1.165, 1.54) is 12.1 Å². The average molecular weight is 604 g/mol. The molecule has 1 fully saturated rings. The van der Waals surface area contributed by atoms with Gasteiger partial charge in [0.05, 0.1) is 16.7 Å². The van der Waals surface area contributed by atoms with Crippen molar-refractivity contribution in [2.45, 2.75) is 49.5 Å². The van der Waals surface area contributed by atoms with E-state index in [0.29, 0.717) is 22.9 Å². The molecule has 7 nitrogen and oxygen atoms in total. The second-order valence-electron chi connectivity index (χ2n) is 10.6. The zero-order valence-corrected chi connectivity index (χ0v) is 24.3. The summed E-state index contributed by atoms with van der Waals surface area (Å²) >= 11 is 12.4. The summed E-state index contributed by atoms with van der Waals surface area (Å²) in [5.74, 6) is -2.04. The zero-order chi connectivity index (χ0) is 28.9. The van der Waals surface area contributed by atoms with Crippen molar-refractivity contribution < 1.29 is 23.1 Å². The topological polar surface area (TPSA) is 113 Å². The van der Waals surface area contributed by atoms with Crippen molar-refractivity contribution in [3.63, 3.8) is 0 Å². The minimum Gasteiger partial charge on any atom is -0.481 e. The van der Waals surface area contributed by atoms with Crippen LogP contribution in [0.5, 0.6) is 0 Å². The number of amides is 1. The lowest BCUT2D eigenvalue weighted by atomic mass is 9.67. The highest BCUT2D eigenvalue weighted by molar-refractivity contribution is 7.89. The second-order valence-corrected chi connectivity index (χ2v) is 13.2. The summed E-state index contributed by atoms with van der Waals surface area (Å²) in [6, 6.07) is 22.4. The number of carboxylic acid groups (broad SMARTS) is 1. The minimum atomic E-state index is -3.80. The molecule has 0 bridgehead atoms. The Labute approximate surface area is 245 Å². The molecular formula is C30H32Cl2N2O5S. The van der Waals surface area contributed by atoms with Crippen molar-refractivity contribution in [1.29, 1.82) is 0 Å². The van der Waals surface area contributed by atoms with Crippen LogP contribution >= 0.6 is 23.2 Å². The van der Waals surface area contributed by atoms with E-state index in [1.807, 2.05) is 30.3 Å². The Morgan fingerprint density at radius 1 is 1.05 bits per heavy atom. The number of benzene rings is 3. The van der Waals surface area contributed by atoms with E-state index >= 15 is 0 Å². The van der Waals surface area contributed by atoms with Crippen LogP contribution in [0.15, 0.2) is 83.8 Å². The molecule has 1 saturated heterocycles. The normalized spacial score (nSPS) is 21.9. The van der Waals surface area contributed by atoms with Crippen molar-refractivity contribution in [2.24, 2.45) is 11.3 Å². The smallest absolute Gasteiger partial charge is 0.304 e. The Bertz CT molecular complexity index is 1450. The molecule has 1 aliphatic rings. The highest BCUT2D eigenvalue weighted by atomic mass is 35.5. The quantitative estimate of drug-likeness (QED) is 0.261. The molecule has 3 aromatic rings. The maximum atomic E-state index is 13.4. The summed E-state index contributed by atoms with van der Waals surface area (Å²) in [6.07, 6.45) is 1.13. The molecule has 4 rings (SSSR count). The Hall–Kier alpha value is -2.91. The van der Waals surface area contributed by atoms with Gasteiger partial charge in [0, 0.05) is 28.5 Å². The van der Waals surface area contributed by atoms with Gasteiger partial charge in [-0.2, -0.15) is 0 Å². The van der Waals surface area contributed by atoms with Gasteiger partial charge < -0.3 is 10.4 Å². The largest absolute Gasteiger partial charge is 0.481 e. The molecule has 212 valence electrons. The fourth-order valence-electron chi connectivity index (χ4n) is 5.44. The third-order valence-electron chi connectivity index (χ3n) is 7.58. The number of nitrogens with one attached hydrogen (secondary N) is 2. The molecule has 10 heteroatoms. The molecule has 4 unspecified atom stereocenters. The first-order valence-corrected chi connectivity index (χ1v) is 15.3. The summed E-state index contributed by atoms with van der Waals surface area (Å²) in [7, 11) is -3.80. The number of carboxylic acids is 1. The number of carbonyl (C=O) groups is 2. The first kappa shape index (κ1) is 30.1. The number of aryl methyl sites for hydroxylation is 1. The SMILES string of the molecule is CC1(CC(=O)O)CC(c2cccc(Cl)c2)C(C(CCc2ccc(Cl)cc2)CNS(=O)(=O)c2ccccc2)NC1=O. The molecule has 40 heavy (non-hydrogen) atoms. The Morgan fingerprint density at radius 3 is 2.40 bits per heavy atom. The number of rotatable bonds is 11. The molecular weight excluding hydrogens is 571 g/mol. The van der Waals surface area contributed by atoms with E-state index in [9.17, 15) is 23.1 Å². The van der Waals surface area contributed by atoms with Crippen LogP contribution in [0.1, 0.15) is 43.2 Å². The first-order valence-electron chi connectivity index (χ1n) is 13.0. The number of hydrogen-bond donors (Lipinski definition) is 3. The van der Waals surface area contributed by atoms with E-state index in [4.69, 9.17) is 23.2 Å². The number of piperidine rings is 1. The van der Waals surface area contributed by atoms with E-state index in [-0.39, 0.29) is 42.0 Å². The number of aliphatic carboxylic acids is 1. The lowest BCUT2D eigenvalue weighted by molar-refractivity contribution is -0.147. The van der Waals surface area contributed by atoms with Gasteiger partial charge >= 0.3 is 5.97 Å². The first-order chi connectivity index (χ1) is 19.0. The van der Waals surface area contributed by atoms with Gasteiger partial charge in [0.15, 0.2) is 0 Å². The summed E-state index contributed by atoms with van der Waals surface area (Å²) in [4.78, 5) is 25.2. The van der Waals surface area contributed by atoms with Crippen LogP contribution in [0.3, 0.4) is 0 Å². The molecule has 1 amide bonds. The van der Waals surface area contributed by atoms with Crippen LogP contribution in [0.4, 0.5) is 0 Å². The van der Waals surface area contributed by atoms with Crippen LogP contribution in [0, 0.1) is 11.3 Å². The number of carbonyl (C=O) groups excluding carboxylic acids is 1. The highest BCUT2D eigenvalue weighted by Crippen LogP contribution is 2.44. The third-order valence-corrected chi connectivity index (χ3v) is 9.51. The van der Waals surface area contributed by atoms with Gasteiger partial charge in [0.1, 0.15) is 0 Å². The van der Waals surface area contributed by atoms with Gasteiger partial charge in [-0.15, -0.1) is 0 Å². The fourth-order valence-corrected chi connectivity index (χ4v) is 6.88. The molecule has 0 spiro atoms. The highest BCUT2D eigenvalue weighted by Gasteiger charge is 2.47. The van der Waals surface area contributed by atoms with E-state index < -0.39 is 27.4 Å². The minimum absolute atomic E-state index is 0.0719. The predicted octanol–water partition coefficient (Wildman–Crippen LogP) is 5.67. The molecule has 0 aliphatic carbocycles. The number of hydrogen-bond acceptors (Lipinski definition) is 4. The Morgan fingerprint density at radius 2 is 1.75 bits per heavy atom. The maximum absolute atomic E-state index is 13.4. The monoisotopic (exact) mass is 602 g/mol. The zero-order valence-electron chi connectivity index (χ0n) is 22.0.